The maximum Gasteiger partial charge on any atom is 0.229 e. The third kappa shape index (κ3) is 4.70. The molecular formula is C17H21Cl2N3OS. The molecule has 1 amide bonds. The smallest absolute Gasteiger partial charge is 0.229 e. The Morgan fingerprint density at radius 1 is 1.46 bits per heavy atom. The van der Waals surface area contributed by atoms with E-state index in [1.165, 1.54) is 11.3 Å². The molecule has 1 aromatic heterocycles. The van der Waals surface area contributed by atoms with Crippen LogP contribution in [0.2, 0.25) is 5.02 Å². The minimum Gasteiger partial charge on any atom is -0.328 e. The lowest BCUT2D eigenvalue weighted by molar-refractivity contribution is -0.119. The Kier molecular flexibility index (Phi) is 6.63. The Morgan fingerprint density at radius 2 is 2.25 bits per heavy atom. The summed E-state index contributed by atoms with van der Waals surface area (Å²) in [7, 11) is 0. The van der Waals surface area contributed by atoms with Gasteiger partial charge in [0.05, 0.1) is 5.69 Å². The zero-order chi connectivity index (χ0) is 16.4. The highest BCUT2D eigenvalue weighted by molar-refractivity contribution is 7.15. The number of aryl methyl sites for hydroxylation is 1. The highest BCUT2D eigenvalue weighted by Gasteiger charge is 2.28. The molecule has 0 aliphatic heterocycles. The highest BCUT2D eigenvalue weighted by atomic mass is 35.5. The predicted octanol–water partition coefficient (Wildman–Crippen LogP) is 4.18. The summed E-state index contributed by atoms with van der Waals surface area (Å²) in [6.07, 6.45) is 3.33. The molecule has 4 nitrogen and oxygen atoms in total. The Morgan fingerprint density at radius 3 is 2.92 bits per heavy atom. The van der Waals surface area contributed by atoms with E-state index in [4.69, 9.17) is 17.3 Å². The molecule has 1 heterocycles. The molecule has 3 N–H and O–H groups in total. The number of thiazole rings is 1. The summed E-state index contributed by atoms with van der Waals surface area (Å²) in [5.74, 6) is 0.0617. The molecule has 1 fully saturated rings. The second-order valence-corrected chi connectivity index (χ2v) is 7.61. The van der Waals surface area contributed by atoms with Crippen molar-refractivity contribution in [2.45, 2.75) is 38.6 Å². The van der Waals surface area contributed by atoms with Crippen molar-refractivity contribution in [2.75, 3.05) is 5.32 Å². The number of benzene rings is 1. The SMILES string of the molecule is Cc1nc(NC(=O)C2CCC(N)C2)sc1Cc1cccc(Cl)c1.Cl. The number of rotatable bonds is 4. The van der Waals surface area contributed by atoms with E-state index < -0.39 is 0 Å². The Bertz CT molecular complexity index is 720. The number of hydrogen-bond acceptors (Lipinski definition) is 4. The van der Waals surface area contributed by atoms with Crippen molar-refractivity contribution in [3.05, 3.63) is 45.4 Å². The second-order valence-electron chi connectivity index (χ2n) is 6.09. The van der Waals surface area contributed by atoms with Crippen LogP contribution in [0.25, 0.3) is 0 Å². The van der Waals surface area contributed by atoms with Gasteiger partial charge in [0.1, 0.15) is 0 Å². The number of nitrogens with two attached hydrogens (primary N) is 1. The maximum absolute atomic E-state index is 12.3. The van der Waals surface area contributed by atoms with E-state index in [0.717, 1.165) is 46.8 Å². The van der Waals surface area contributed by atoms with E-state index >= 15 is 0 Å². The van der Waals surface area contributed by atoms with Crippen molar-refractivity contribution in [3.8, 4) is 0 Å². The van der Waals surface area contributed by atoms with Gasteiger partial charge in [-0.05, 0) is 43.9 Å². The molecule has 1 saturated carbocycles. The predicted molar refractivity (Wildman–Crippen MR) is 102 cm³/mol. The van der Waals surface area contributed by atoms with Gasteiger partial charge in [0.25, 0.3) is 0 Å². The lowest BCUT2D eigenvalue weighted by Gasteiger charge is -2.08. The number of anilines is 1. The third-order valence-electron chi connectivity index (χ3n) is 4.22. The summed E-state index contributed by atoms with van der Waals surface area (Å²) in [4.78, 5) is 17.9. The molecule has 7 heteroatoms. The first kappa shape index (κ1) is 19.2. The number of halogens is 2. The zero-order valence-corrected chi connectivity index (χ0v) is 15.8. The molecule has 24 heavy (non-hydrogen) atoms. The van der Waals surface area contributed by atoms with Gasteiger partial charge >= 0.3 is 0 Å². The fourth-order valence-electron chi connectivity index (χ4n) is 2.94. The summed E-state index contributed by atoms with van der Waals surface area (Å²) in [5, 5.41) is 4.35. The summed E-state index contributed by atoms with van der Waals surface area (Å²) >= 11 is 7.56. The summed E-state index contributed by atoms with van der Waals surface area (Å²) in [6, 6.07) is 7.97. The van der Waals surface area contributed by atoms with Crippen molar-refractivity contribution in [1.82, 2.24) is 4.98 Å². The van der Waals surface area contributed by atoms with Gasteiger partial charge in [-0.1, -0.05) is 23.7 Å². The van der Waals surface area contributed by atoms with Crippen LogP contribution in [0.4, 0.5) is 5.13 Å². The minimum atomic E-state index is 0. The van der Waals surface area contributed by atoms with Crippen molar-refractivity contribution >= 4 is 46.4 Å². The average molecular weight is 386 g/mol. The van der Waals surface area contributed by atoms with Gasteiger partial charge in [0.2, 0.25) is 5.91 Å². The monoisotopic (exact) mass is 385 g/mol. The fraction of sp³-hybridized carbons (Fsp3) is 0.412. The van der Waals surface area contributed by atoms with Crippen LogP contribution in [0, 0.1) is 12.8 Å². The number of aromatic nitrogens is 1. The number of nitrogens with zero attached hydrogens (tertiary/aromatic N) is 1. The van der Waals surface area contributed by atoms with Crippen LogP contribution in [0.3, 0.4) is 0 Å². The van der Waals surface area contributed by atoms with Gasteiger partial charge in [-0.15, -0.1) is 23.7 Å². The first-order valence-corrected chi connectivity index (χ1v) is 8.98. The lowest BCUT2D eigenvalue weighted by Crippen LogP contribution is -2.23. The second kappa shape index (κ2) is 8.30. The Labute approximate surface area is 157 Å². The fourth-order valence-corrected chi connectivity index (χ4v) is 4.15. The van der Waals surface area contributed by atoms with Crippen molar-refractivity contribution in [2.24, 2.45) is 11.7 Å². The Balaban J connectivity index is 0.00000208. The molecule has 2 aromatic rings. The number of hydrogen-bond donors (Lipinski definition) is 2. The molecule has 0 spiro atoms. The molecule has 1 aliphatic carbocycles. The summed E-state index contributed by atoms with van der Waals surface area (Å²) in [5.41, 5.74) is 7.97. The number of nitrogens with one attached hydrogen (secondary N) is 1. The average Bonchev–Trinajstić information content (AvgIpc) is 3.06. The molecule has 2 unspecified atom stereocenters. The van der Waals surface area contributed by atoms with Gasteiger partial charge in [0.15, 0.2) is 5.13 Å². The van der Waals surface area contributed by atoms with Crippen LogP contribution in [0.15, 0.2) is 24.3 Å². The Hall–Kier alpha value is -1.14. The normalized spacial score (nSPS) is 19.8. The number of carbonyl (C=O) groups is 1. The zero-order valence-electron chi connectivity index (χ0n) is 13.4. The first-order valence-electron chi connectivity index (χ1n) is 7.78. The van der Waals surface area contributed by atoms with Crippen LogP contribution in [0.1, 0.15) is 35.4 Å². The van der Waals surface area contributed by atoms with Crippen LogP contribution in [-0.2, 0) is 11.2 Å². The standard InChI is InChI=1S/C17H20ClN3OS.ClH/c1-10-15(8-11-3-2-4-13(18)7-11)23-17(20-10)21-16(22)12-5-6-14(19)9-12;/h2-4,7,12,14H,5-6,8-9,19H2,1H3,(H,20,21,22);1H. The van der Waals surface area contributed by atoms with E-state index in [-0.39, 0.29) is 30.3 Å². The van der Waals surface area contributed by atoms with Crippen molar-refractivity contribution in [3.63, 3.8) is 0 Å². The van der Waals surface area contributed by atoms with E-state index in [2.05, 4.69) is 10.3 Å². The van der Waals surface area contributed by atoms with Gasteiger partial charge < -0.3 is 11.1 Å². The van der Waals surface area contributed by atoms with Gasteiger partial charge in [-0.25, -0.2) is 4.98 Å². The third-order valence-corrected chi connectivity index (χ3v) is 5.53. The van der Waals surface area contributed by atoms with Crippen LogP contribution < -0.4 is 11.1 Å². The van der Waals surface area contributed by atoms with Crippen LogP contribution >= 0.6 is 35.3 Å². The summed E-state index contributed by atoms with van der Waals surface area (Å²) < 4.78 is 0. The first-order chi connectivity index (χ1) is 11.0. The van der Waals surface area contributed by atoms with E-state index in [9.17, 15) is 4.79 Å². The van der Waals surface area contributed by atoms with Crippen molar-refractivity contribution in [1.29, 1.82) is 0 Å². The summed E-state index contributed by atoms with van der Waals surface area (Å²) in [6.45, 7) is 1.97. The molecular weight excluding hydrogens is 365 g/mol. The molecule has 2 atom stereocenters. The maximum atomic E-state index is 12.3. The van der Waals surface area contributed by atoms with E-state index in [1.54, 1.807) is 0 Å². The van der Waals surface area contributed by atoms with Crippen LogP contribution in [-0.4, -0.2) is 16.9 Å². The van der Waals surface area contributed by atoms with Gasteiger partial charge in [0, 0.05) is 28.3 Å². The highest BCUT2D eigenvalue weighted by Crippen LogP contribution is 2.29. The molecule has 0 radical (unpaired) electrons. The molecule has 130 valence electrons. The molecule has 0 saturated heterocycles. The molecule has 1 aliphatic rings. The van der Waals surface area contributed by atoms with Gasteiger partial charge in [-0.2, -0.15) is 0 Å². The number of carbonyl (C=O) groups excluding carboxylic acids is 1. The topological polar surface area (TPSA) is 68.0 Å². The van der Waals surface area contributed by atoms with E-state index in [0.29, 0.717) is 5.13 Å². The van der Waals surface area contributed by atoms with Gasteiger partial charge in [-0.3, -0.25) is 4.79 Å². The lowest BCUT2D eigenvalue weighted by atomic mass is 10.1. The molecule has 1 aromatic carbocycles. The largest absolute Gasteiger partial charge is 0.328 e. The van der Waals surface area contributed by atoms with Crippen LogP contribution in [0.5, 0.6) is 0 Å². The van der Waals surface area contributed by atoms with E-state index in [1.807, 2.05) is 31.2 Å². The minimum absolute atomic E-state index is 0. The quantitative estimate of drug-likeness (QED) is 0.828. The number of amides is 1. The molecule has 3 rings (SSSR count). The molecule has 0 bridgehead atoms. The van der Waals surface area contributed by atoms with Crippen molar-refractivity contribution < 1.29 is 4.79 Å².